The smallest absolute Gasteiger partial charge is 0.377 e. The number of unbranched alkanes of at least 4 members (excludes halogenated alkanes) is 1. The van der Waals surface area contributed by atoms with Crippen LogP contribution in [0, 0.1) is 6.92 Å². The van der Waals surface area contributed by atoms with Crippen molar-refractivity contribution in [3.63, 3.8) is 0 Å². The summed E-state index contributed by atoms with van der Waals surface area (Å²) in [6.45, 7) is 4.56. The van der Waals surface area contributed by atoms with Crippen LogP contribution in [0.4, 0.5) is 0 Å². The molecule has 5 aromatic rings. The van der Waals surface area contributed by atoms with Crippen LogP contribution in [0.2, 0.25) is 0 Å². The molecule has 11 heteroatoms. The van der Waals surface area contributed by atoms with E-state index < -0.39 is 5.76 Å². The number of rotatable bonds is 11. The highest BCUT2D eigenvalue weighted by atomic mass is 16.5. The molecule has 1 N–H and O–H groups in total. The Bertz CT molecular complexity index is 1710. The molecule has 2 aromatic carbocycles. The van der Waals surface area contributed by atoms with Crippen LogP contribution in [0.3, 0.4) is 0 Å². The third-order valence-corrected chi connectivity index (χ3v) is 6.64. The van der Waals surface area contributed by atoms with Crippen molar-refractivity contribution >= 4 is 0 Å². The molecule has 0 aliphatic heterocycles. The van der Waals surface area contributed by atoms with Crippen LogP contribution in [0.5, 0.6) is 0 Å². The minimum atomic E-state index is -0.606. The van der Waals surface area contributed by atoms with Crippen molar-refractivity contribution in [2.75, 3.05) is 7.11 Å². The van der Waals surface area contributed by atoms with Gasteiger partial charge in [-0.1, -0.05) is 72.2 Å². The lowest BCUT2D eigenvalue weighted by molar-refractivity contribution is 0.174. The second kappa shape index (κ2) is 12.0. The van der Waals surface area contributed by atoms with Gasteiger partial charge in [-0.15, -0.1) is 0 Å². The minimum absolute atomic E-state index is 0.116. The quantitative estimate of drug-likeness (QED) is 0.261. The first-order chi connectivity index (χ1) is 19.5. The van der Waals surface area contributed by atoms with Crippen LogP contribution in [0.15, 0.2) is 67.2 Å². The molecule has 0 aliphatic rings. The Morgan fingerprint density at radius 3 is 2.45 bits per heavy atom. The van der Waals surface area contributed by atoms with E-state index in [4.69, 9.17) is 18.8 Å². The number of benzene rings is 2. The van der Waals surface area contributed by atoms with Crippen molar-refractivity contribution in [1.29, 1.82) is 0 Å². The second-order valence-electron chi connectivity index (χ2n) is 9.49. The molecule has 3 heterocycles. The van der Waals surface area contributed by atoms with E-state index in [0.717, 1.165) is 40.9 Å². The van der Waals surface area contributed by atoms with E-state index in [1.165, 1.54) is 0 Å². The Labute approximate surface area is 229 Å². The summed E-state index contributed by atoms with van der Waals surface area (Å²) < 4.78 is 16.8. The van der Waals surface area contributed by atoms with E-state index in [-0.39, 0.29) is 18.6 Å². The number of H-pyrrole nitrogens is 1. The van der Waals surface area contributed by atoms with Gasteiger partial charge in [0.05, 0.1) is 13.0 Å². The number of hydrogen-bond acceptors (Lipinski definition) is 9. The zero-order valence-corrected chi connectivity index (χ0v) is 22.6. The van der Waals surface area contributed by atoms with Gasteiger partial charge in [-0.25, -0.2) is 9.78 Å². The SMILES string of the molecule is CCCCc1nc(C)c(Cc2nc(COC)no2)c(=O)n1Cc1ccc(-c2ccccc2-c2noc(=O)[nH]2)cc1. The summed E-state index contributed by atoms with van der Waals surface area (Å²) >= 11 is 0. The zero-order chi connectivity index (χ0) is 28.1. The Hall–Kier alpha value is -4.64. The molecule has 206 valence electrons. The van der Waals surface area contributed by atoms with E-state index in [1.807, 2.05) is 55.5 Å². The zero-order valence-electron chi connectivity index (χ0n) is 22.6. The van der Waals surface area contributed by atoms with Gasteiger partial charge in [-0.3, -0.25) is 18.9 Å². The molecule has 11 nitrogen and oxygen atoms in total. The maximum atomic E-state index is 13.8. The van der Waals surface area contributed by atoms with Crippen LogP contribution in [-0.4, -0.2) is 36.9 Å². The number of aromatic amines is 1. The Kier molecular flexibility index (Phi) is 8.11. The highest BCUT2D eigenvalue weighted by Gasteiger charge is 2.18. The van der Waals surface area contributed by atoms with Gasteiger partial charge in [-0.05, 0) is 30.0 Å². The van der Waals surface area contributed by atoms with Gasteiger partial charge in [0.15, 0.2) is 11.6 Å². The summed E-state index contributed by atoms with van der Waals surface area (Å²) in [6, 6.07) is 15.6. The molecule has 0 amide bonds. The van der Waals surface area contributed by atoms with Crippen molar-refractivity contribution in [2.45, 2.75) is 52.7 Å². The van der Waals surface area contributed by atoms with E-state index in [9.17, 15) is 9.59 Å². The highest BCUT2D eigenvalue weighted by molar-refractivity contribution is 5.80. The molecule has 3 aromatic heterocycles. The largest absolute Gasteiger partial charge is 0.439 e. The van der Waals surface area contributed by atoms with Gasteiger partial charge < -0.3 is 9.26 Å². The summed E-state index contributed by atoms with van der Waals surface area (Å²) in [5, 5.41) is 7.74. The molecular formula is C29H30N6O5. The van der Waals surface area contributed by atoms with Gasteiger partial charge in [0.2, 0.25) is 5.89 Å². The number of nitrogens with zero attached hydrogens (tertiary/aromatic N) is 5. The van der Waals surface area contributed by atoms with Gasteiger partial charge in [0.25, 0.3) is 5.56 Å². The fourth-order valence-electron chi connectivity index (χ4n) is 4.61. The van der Waals surface area contributed by atoms with E-state index >= 15 is 0 Å². The summed E-state index contributed by atoms with van der Waals surface area (Å²) in [5.74, 6) is 1.29. The summed E-state index contributed by atoms with van der Waals surface area (Å²) in [5.41, 5.74) is 4.61. The molecule has 5 rings (SSSR count). The number of ether oxygens (including phenoxy) is 1. The number of methoxy groups -OCH3 is 1. The van der Waals surface area contributed by atoms with Crippen LogP contribution in [-0.2, 0) is 30.7 Å². The lowest BCUT2D eigenvalue weighted by atomic mass is 9.98. The predicted molar refractivity (Wildman–Crippen MR) is 147 cm³/mol. The first-order valence-electron chi connectivity index (χ1n) is 13.1. The monoisotopic (exact) mass is 542 g/mol. The maximum Gasteiger partial charge on any atom is 0.439 e. The van der Waals surface area contributed by atoms with E-state index in [0.29, 0.717) is 41.8 Å². The van der Waals surface area contributed by atoms with Crippen LogP contribution >= 0.6 is 0 Å². The number of aromatic nitrogens is 6. The van der Waals surface area contributed by atoms with Gasteiger partial charge in [0, 0.05) is 30.4 Å². The molecule has 0 fully saturated rings. The lowest BCUT2D eigenvalue weighted by Gasteiger charge is -2.16. The average molecular weight is 543 g/mol. The second-order valence-corrected chi connectivity index (χ2v) is 9.49. The lowest BCUT2D eigenvalue weighted by Crippen LogP contribution is -2.30. The normalized spacial score (nSPS) is 11.3. The molecule has 0 unspecified atom stereocenters. The van der Waals surface area contributed by atoms with Gasteiger partial charge in [-0.2, -0.15) is 4.98 Å². The average Bonchev–Trinajstić information content (AvgIpc) is 3.61. The molecule has 0 spiro atoms. The highest BCUT2D eigenvalue weighted by Crippen LogP contribution is 2.30. The molecule has 0 atom stereocenters. The molecule has 40 heavy (non-hydrogen) atoms. The van der Waals surface area contributed by atoms with Crippen LogP contribution in [0.1, 0.15) is 54.1 Å². The molecule has 0 saturated heterocycles. The van der Waals surface area contributed by atoms with Crippen LogP contribution < -0.4 is 11.3 Å². The Morgan fingerprint density at radius 2 is 1.75 bits per heavy atom. The number of aryl methyl sites for hydroxylation is 2. The molecule has 0 saturated carbocycles. The standard InChI is InChI=1S/C29H30N6O5/c1-4-5-10-25-30-18(2)23(15-26-31-24(17-38-3)33-39-26)28(36)35(25)16-19-11-13-20(14-12-19)21-8-6-7-9-22(21)27-32-29(37)40-34-27/h6-9,11-14H,4-5,10,15-17H2,1-3H3,(H,32,34,37). The fourth-order valence-corrected chi connectivity index (χ4v) is 4.61. The van der Waals surface area contributed by atoms with E-state index in [2.05, 4.69) is 27.2 Å². The maximum absolute atomic E-state index is 13.8. The first kappa shape index (κ1) is 26.9. The molecule has 0 bridgehead atoms. The molecule has 0 aliphatic carbocycles. The third-order valence-electron chi connectivity index (χ3n) is 6.64. The van der Waals surface area contributed by atoms with Gasteiger partial charge >= 0.3 is 5.76 Å². The molecule has 0 radical (unpaired) electrons. The van der Waals surface area contributed by atoms with Crippen molar-refractivity contribution < 1.29 is 13.8 Å². The first-order valence-corrected chi connectivity index (χ1v) is 13.1. The number of nitrogens with one attached hydrogen (secondary N) is 1. The third kappa shape index (κ3) is 5.84. The predicted octanol–water partition coefficient (Wildman–Crippen LogP) is 4.07. The van der Waals surface area contributed by atoms with Crippen molar-refractivity contribution in [2.24, 2.45) is 0 Å². The Balaban J connectivity index is 1.46. The minimum Gasteiger partial charge on any atom is -0.377 e. The van der Waals surface area contributed by atoms with Crippen molar-refractivity contribution in [3.8, 4) is 22.5 Å². The van der Waals surface area contributed by atoms with Crippen molar-refractivity contribution in [1.82, 2.24) is 29.8 Å². The van der Waals surface area contributed by atoms with Gasteiger partial charge in [0.1, 0.15) is 12.4 Å². The summed E-state index contributed by atoms with van der Waals surface area (Å²) in [4.78, 5) is 37.0. The van der Waals surface area contributed by atoms with Crippen molar-refractivity contribution in [3.05, 3.63) is 104 Å². The summed E-state index contributed by atoms with van der Waals surface area (Å²) in [6.07, 6.45) is 2.82. The molecular weight excluding hydrogens is 512 g/mol. The van der Waals surface area contributed by atoms with E-state index in [1.54, 1.807) is 11.7 Å². The Morgan fingerprint density at radius 1 is 0.975 bits per heavy atom. The fraction of sp³-hybridized carbons (Fsp3) is 0.310. The van der Waals surface area contributed by atoms with Crippen LogP contribution in [0.25, 0.3) is 22.5 Å². The summed E-state index contributed by atoms with van der Waals surface area (Å²) in [7, 11) is 1.56. The topological polar surface area (TPSA) is 142 Å². The number of hydrogen-bond donors (Lipinski definition) is 1.